The molecule has 1 saturated heterocycles. The molecule has 0 saturated carbocycles. The second-order valence-corrected chi connectivity index (χ2v) is 7.36. The van der Waals surface area contributed by atoms with Gasteiger partial charge in [-0.1, -0.05) is 20.8 Å². The van der Waals surface area contributed by atoms with Gasteiger partial charge in [-0.15, -0.1) is 0 Å². The molecule has 1 N–H and O–H groups in total. The lowest BCUT2D eigenvalue weighted by molar-refractivity contribution is -0.233. The zero-order valence-corrected chi connectivity index (χ0v) is 19.2. The molecule has 0 amide bonds. The largest absolute Gasteiger partial charge is 0.478 e. The highest BCUT2D eigenvalue weighted by Crippen LogP contribution is 2.26. The van der Waals surface area contributed by atoms with E-state index in [1.54, 1.807) is 20.8 Å². The number of esters is 4. The number of rotatable bonds is 13. The highest BCUT2D eigenvalue weighted by Gasteiger charge is 2.47. The molecule has 0 aromatic rings. The number of ether oxygens (including phenoxy) is 5. The molecule has 0 aromatic carbocycles. The van der Waals surface area contributed by atoms with Crippen molar-refractivity contribution in [3.05, 3.63) is 12.2 Å². The fraction of sp³-hybridized carbons (Fsp3) is 0.682. The van der Waals surface area contributed by atoms with Crippen molar-refractivity contribution >= 4 is 29.8 Å². The minimum Gasteiger partial charge on any atom is -0.478 e. The molecule has 1 heterocycles. The van der Waals surface area contributed by atoms with E-state index in [2.05, 4.69) is 0 Å². The normalized spacial score (nSPS) is 22.4. The molecule has 0 unspecified atom stereocenters. The molecule has 0 spiro atoms. The highest BCUT2D eigenvalue weighted by molar-refractivity contribution is 5.90. The van der Waals surface area contributed by atoms with Gasteiger partial charge in [-0.25, -0.2) is 9.59 Å². The maximum Gasteiger partial charge on any atom is 0.331 e. The van der Waals surface area contributed by atoms with E-state index in [-0.39, 0.29) is 25.9 Å². The average molecular weight is 472 g/mol. The topological polar surface area (TPSA) is 152 Å². The van der Waals surface area contributed by atoms with Crippen molar-refractivity contribution in [1.82, 2.24) is 0 Å². The number of aliphatic carboxylic acids is 1. The van der Waals surface area contributed by atoms with E-state index >= 15 is 0 Å². The molecule has 33 heavy (non-hydrogen) atoms. The Bertz CT molecular complexity index is 715. The smallest absolute Gasteiger partial charge is 0.331 e. The molecule has 0 bridgehead atoms. The van der Waals surface area contributed by atoms with Crippen LogP contribution in [0.4, 0.5) is 0 Å². The van der Waals surface area contributed by atoms with Gasteiger partial charge in [-0.05, 0) is 19.3 Å². The van der Waals surface area contributed by atoms with Gasteiger partial charge in [0.05, 0.1) is 6.61 Å². The summed E-state index contributed by atoms with van der Waals surface area (Å²) in [5.74, 6) is -3.96. The Hall–Kier alpha value is -2.95. The number of carbonyl (C=O) groups excluding carboxylic acids is 4. The van der Waals surface area contributed by atoms with E-state index in [1.807, 2.05) is 0 Å². The van der Waals surface area contributed by atoms with Crippen molar-refractivity contribution < 1.29 is 52.8 Å². The van der Waals surface area contributed by atoms with Crippen molar-refractivity contribution in [2.75, 3.05) is 13.2 Å². The summed E-state index contributed by atoms with van der Waals surface area (Å²) in [6, 6.07) is 0. The molecule has 1 rings (SSSR count). The number of hydrogen-bond acceptors (Lipinski definition) is 10. The lowest BCUT2D eigenvalue weighted by Crippen LogP contribution is -2.58. The number of hydrogen-bond donors (Lipinski definition) is 1. The van der Waals surface area contributed by atoms with Crippen molar-refractivity contribution in [2.45, 2.75) is 83.7 Å². The second kappa shape index (κ2) is 15.0. The zero-order chi connectivity index (χ0) is 24.8. The van der Waals surface area contributed by atoms with Gasteiger partial charge in [0.2, 0.25) is 0 Å². The molecule has 4 atom stereocenters. The van der Waals surface area contributed by atoms with Crippen LogP contribution in [-0.2, 0) is 47.7 Å². The van der Waals surface area contributed by atoms with Gasteiger partial charge in [0.25, 0.3) is 0 Å². The molecular weight excluding hydrogens is 440 g/mol. The Morgan fingerprint density at radius 3 is 1.85 bits per heavy atom. The first-order valence-corrected chi connectivity index (χ1v) is 11.0. The van der Waals surface area contributed by atoms with Crippen molar-refractivity contribution in [3.8, 4) is 0 Å². The Balaban J connectivity index is 3.10. The Kier molecular flexibility index (Phi) is 12.8. The van der Waals surface area contributed by atoms with Crippen LogP contribution < -0.4 is 0 Å². The molecule has 0 radical (unpaired) electrons. The Morgan fingerprint density at radius 2 is 1.33 bits per heavy atom. The SMILES string of the molecule is CCCC(=O)O[C@@H]1[C@H](OC(=O)CCC)[C@H](COC(=O)/C=C/C(=O)O)OC[C@H]1OC(=O)CCC. The van der Waals surface area contributed by atoms with Gasteiger partial charge in [-0.3, -0.25) is 14.4 Å². The molecule has 11 heteroatoms. The van der Waals surface area contributed by atoms with Crippen molar-refractivity contribution in [2.24, 2.45) is 0 Å². The fourth-order valence-electron chi connectivity index (χ4n) is 2.97. The first kappa shape index (κ1) is 28.1. The monoisotopic (exact) mass is 472 g/mol. The fourth-order valence-corrected chi connectivity index (χ4v) is 2.97. The van der Waals surface area contributed by atoms with Crippen LogP contribution in [0.2, 0.25) is 0 Å². The third kappa shape index (κ3) is 10.5. The van der Waals surface area contributed by atoms with Gasteiger partial charge < -0.3 is 28.8 Å². The predicted molar refractivity (Wildman–Crippen MR) is 112 cm³/mol. The lowest BCUT2D eigenvalue weighted by atomic mass is 9.99. The minimum absolute atomic E-state index is 0.0836. The molecule has 1 aliphatic rings. The number of carbonyl (C=O) groups is 5. The third-order valence-electron chi connectivity index (χ3n) is 4.46. The van der Waals surface area contributed by atoms with E-state index in [0.29, 0.717) is 25.3 Å². The van der Waals surface area contributed by atoms with Crippen LogP contribution in [0.25, 0.3) is 0 Å². The predicted octanol–water partition coefficient (Wildman–Crippen LogP) is 1.70. The van der Waals surface area contributed by atoms with Gasteiger partial charge in [-0.2, -0.15) is 0 Å². The molecule has 11 nitrogen and oxygen atoms in total. The van der Waals surface area contributed by atoms with Crippen LogP contribution in [0, 0.1) is 0 Å². The van der Waals surface area contributed by atoms with E-state index in [0.717, 1.165) is 6.08 Å². The Morgan fingerprint density at radius 1 is 0.818 bits per heavy atom. The van der Waals surface area contributed by atoms with E-state index in [4.69, 9.17) is 28.8 Å². The van der Waals surface area contributed by atoms with Crippen LogP contribution in [-0.4, -0.2) is 72.6 Å². The third-order valence-corrected chi connectivity index (χ3v) is 4.46. The maximum atomic E-state index is 12.3. The quantitative estimate of drug-likeness (QED) is 0.237. The standard InChI is InChI=1S/C22H32O11/c1-4-7-18(26)31-15-13-29-14(12-30-17(25)11-10-16(23)24)21(32-19(27)8-5-2)22(15)33-20(28)9-6-3/h10-11,14-15,21-22H,4-9,12-13H2,1-3H3,(H,23,24)/b11-10+/t14-,15+,21+,22-/m0/s1. The summed E-state index contributed by atoms with van der Waals surface area (Å²) in [6.45, 7) is 4.77. The first-order chi connectivity index (χ1) is 15.7. The minimum atomic E-state index is -1.33. The van der Waals surface area contributed by atoms with Crippen LogP contribution >= 0.6 is 0 Å². The summed E-state index contributed by atoms with van der Waals surface area (Å²) in [5.41, 5.74) is 0. The lowest BCUT2D eigenvalue weighted by Gasteiger charge is -2.40. The van der Waals surface area contributed by atoms with Crippen molar-refractivity contribution in [3.63, 3.8) is 0 Å². The van der Waals surface area contributed by atoms with Crippen LogP contribution in [0.5, 0.6) is 0 Å². The summed E-state index contributed by atoms with van der Waals surface area (Å²) < 4.78 is 27.1. The number of carboxylic acid groups (broad SMARTS) is 1. The van der Waals surface area contributed by atoms with Gasteiger partial charge in [0, 0.05) is 31.4 Å². The summed E-state index contributed by atoms with van der Waals surface area (Å²) in [7, 11) is 0. The van der Waals surface area contributed by atoms with Crippen LogP contribution in [0.3, 0.4) is 0 Å². The molecular formula is C22H32O11. The molecule has 0 aliphatic carbocycles. The highest BCUT2D eigenvalue weighted by atomic mass is 16.7. The summed E-state index contributed by atoms with van der Waals surface area (Å²) >= 11 is 0. The van der Waals surface area contributed by atoms with Gasteiger partial charge in [0.15, 0.2) is 18.3 Å². The maximum absolute atomic E-state index is 12.3. The summed E-state index contributed by atoms with van der Waals surface area (Å²) in [6.07, 6.45) is -1.22. The summed E-state index contributed by atoms with van der Waals surface area (Å²) in [5, 5.41) is 8.61. The van der Waals surface area contributed by atoms with Gasteiger partial charge in [0.1, 0.15) is 12.7 Å². The van der Waals surface area contributed by atoms with Crippen LogP contribution in [0.1, 0.15) is 59.3 Å². The Labute approximate surface area is 192 Å². The van der Waals surface area contributed by atoms with Crippen LogP contribution in [0.15, 0.2) is 12.2 Å². The first-order valence-electron chi connectivity index (χ1n) is 11.0. The molecule has 0 aromatic heterocycles. The van der Waals surface area contributed by atoms with E-state index in [1.165, 1.54) is 0 Å². The summed E-state index contributed by atoms with van der Waals surface area (Å²) in [4.78, 5) is 58.9. The zero-order valence-electron chi connectivity index (χ0n) is 19.2. The second-order valence-electron chi connectivity index (χ2n) is 7.36. The molecule has 1 aliphatic heterocycles. The van der Waals surface area contributed by atoms with E-state index in [9.17, 15) is 24.0 Å². The molecule has 186 valence electrons. The van der Waals surface area contributed by atoms with Crippen molar-refractivity contribution in [1.29, 1.82) is 0 Å². The van der Waals surface area contributed by atoms with Gasteiger partial charge >= 0.3 is 29.8 Å². The van der Waals surface area contributed by atoms with E-state index < -0.39 is 60.9 Å². The molecule has 1 fully saturated rings. The average Bonchev–Trinajstić information content (AvgIpc) is 2.74. The number of carboxylic acids is 1.